The van der Waals surface area contributed by atoms with Gasteiger partial charge in [-0.25, -0.2) is 0 Å². The fourth-order valence-electron chi connectivity index (χ4n) is 1.79. The number of carbonyl (C=O) groups is 1. The summed E-state index contributed by atoms with van der Waals surface area (Å²) in [7, 11) is 0. The molecule has 2 unspecified atom stereocenters. The van der Waals surface area contributed by atoms with Gasteiger partial charge in [0.1, 0.15) is 0 Å². The Morgan fingerprint density at radius 3 is 2.36 bits per heavy atom. The van der Waals surface area contributed by atoms with Crippen LogP contribution in [-0.4, -0.2) is 12.5 Å². The maximum absolute atomic E-state index is 10.5. The summed E-state index contributed by atoms with van der Waals surface area (Å²) in [5.41, 5.74) is 0. The molecule has 2 nitrogen and oxygen atoms in total. The Balaban J connectivity index is 3.96. The van der Waals surface area contributed by atoms with E-state index in [0.29, 0.717) is 17.9 Å². The van der Waals surface area contributed by atoms with Gasteiger partial charge in [0.05, 0.1) is 0 Å². The van der Waals surface area contributed by atoms with E-state index in [9.17, 15) is 4.79 Å². The van der Waals surface area contributed by atoms with E-state index in [1.807, 2.05) is 0 Å². The lowest BCUT2D eigenvalue weighted by Crippen LogP contribution is -2.35. The Hall–Kier alpha value is -0.530. The van der Waals surface area contributed by atoms with Crippen molar-refractivity contribution in [3.8, 4) is 0 Å². The molecule has 2 atom stereocenters. The van der Waals surface area contributed by atoms with Crippen LogP contribution in [-0.2, 0) is 4.79 Å². The molecular weight excluding hydrogens is 174 g/mol. The van der Waals surface area contributed by atoms with Crippen LogP contribution in [0, 0.1) is 11.8 Å². The van der Waals surface area contributed by atoms with Gasteiger partial charge < -0.3 is 5.32 Å². The largest absolute Gasteiger partial charge is 0.356 e. The summed E-state index contributed by atoms with van der Waals surface area (Å²) in [5, 5.41) is 2.94. The van der Waals surface area contributed by atoms with Crippen molar-refractivity contribution in [1.29, 1.82) is 0 Å². The van der Waals surface area contributed by atoms with E-state index < -0.39 is 0 Å². The Bertz CT molecular complexity index is 145. The summed E-state index contributed by atoms with van der Waals surface area (Å²) < 4.78 is 0. The lowest BCUT2D eigenvalue weighted by Gasteiger charge is -2.24. The first-order valence-electron chi connectivity index (χ1n) is 5.81. The molecule has 0 aliphatic rings. The van der Waals surface area contributed by atoms with Gasteiger partial charge in [-0.15, -0.1) is 0 Å². The highest BCUT2D eigenvalue weighted by Gasteiger charge is 2.16. The minimum atomic E-state index is 0.360. The lowest BCUT2D eigenvalue weighted by molar-refractivity contribution is -0.110. The Kier molecular flexibility index (Phi) is 7.54. The molecule has 2 heteroatoms. The standard InChI is InChI=1S/C12H25NO/c1-5-6-7-11(4)12(13-9-14)8-10(2)3/h9-12H,5-8H2,1-4H3,(H,13,14). The van der Waals surface area contributed by atoms with Crippen molar-refractivity contribution < 1.29 is 4.79 Å². The van der Waals surface area contributed by atoms with Gasteiger partial charge in [0.25, 0.3) is 0 Å². The van der Waals surface area contributed by atoms with E-state index in [2.05, 4.69) is 33.0 Å². The number of unbranched alkanes of at least 4 members (excludes halogenated alkanes) is 1. The molecule has 0 fully saturated rings. The number of amides is 1. The third-order valence-corrected chi connectivity index (χ3v) is 2.71. The summed E-state index contributed by atoms with van der Waals surface area (Å²) in [5.74, 6) is 1.25. The van der Waals surface area contributed by atoms with E-state index in [4.69, 9.17) is 0 Å². The smallest absolute Gasteiger partial charge is 0.207 e. The van der Waals surface area contributed by atoms with Crippen LogP contribution in [0.1, 0.15) is 53.4 Å². The predicted molar refractivity (Wildman–Crippen MR) is 61.1 cm³/mol. The predicted octanol–water partition coefficient (Wildman–Crippen LogP) is 2.97. The molecule has 0 aliphatic carbocycles. The van der Waals surface area contributed by atoms with Gasteiger partial charge >= 0.3 is 0 Å². The number of carbonyl (C=O) groups excluding carboxylic acids is 1. The average Bonchev–Trinajstić information content (AvgIpc) is 2.13. The molecule has 0 bridgehead atoms. The van der Waals surface area contributed by atoms with Crippen LogP contribution >= 0.6 is 0 Å². The van der Waals surface area contributed by atoms with E-state index in [1.54, 1.807) is 0 Å². The maximum atomic E-state index is 10.5. The molecule has 0 spiro atoms. The molecule has 0 heterocycles. The van der Waals surface area contributed by atoms with Crippen molar-refractivity contribution in [2.24, 2.45) is 11.8 Å². The number of hydrogen-bond donors (Lipinski definition) is 1. The van der Waals surface area contributed by atoms with Gasteiger partial charge in [0, 0.05) is 6.04 Å². The van der Waals surface area contributed by atoms with E-state index in [0.717, 1.165) is 12.8 Å². The summed E-state index contributed by atoms with van der Waals surface area (Å²) in [6.45, 7) is 8.84. The zero-order chi connectivity index (χ0) is 11.0. The lowest BCUT2D eigenvalue weighted by atomic mass is 9.90. The van der Waals surface area contributed by atoms with Crippen molar-refractivity contribution in [1.82, 2.24) is 5.32 Å². The van der Waals surface area contributed by atoms with Crippen molar-refractivity contribution >= 4 is 6.41 Å². The third kappa shape index (κ3) is 6.01. The fraction of sp³-hybridized carbons (Fsp3) is 0.917. The Morgan fingerprint density at radius 1 is 1.29 bits per heavy atom. The molecule has 14 heavy (non-hydrogen) atoms. The molecule has 1 amide bonds. The highest BCUT2D eigenvalue weighted by molar-refractivity contribution is 5.46. The number of rotatable bonds is 8. The van der Waals surface area contributed by atoms with E-state index in [1.165, 1.54) is 19.3 Å². The zero-order valence-corrected chi connectivity index (χ0v) is 10.0. The summed E-state index contributed by atoms with van der Waals surface area (Å²) in [6.07, 6.45) is 5.64. The van der Waals surface area contributed by atoms with Crippen molar-refractivity contribution in [3.63, 3.8) is 0 Å². The maximum Gasteiger partial charge on any atom is 0.207 e. The quantitative estimate of drug-likeness (QED) is 0.598. The summed E-state index contributed by atoms with van der Waals surface area (Å²) >= 11 is 0. The molecule has 0 aromatic carbocycles. The third-order valence-electron chi connectivity index (χ3n) is 2.71. The van der Waals surface area contributed by atoms with Crippen LogP contribution in [0.3, 0.4) is 0 Å². The van der Waals surface area contributed by atoms with Crippen LogP contribution in [0.2, 0.25) is 0 Å². The SMILES string of the molecule is CCCCC(C)C(CC(C)C)NC=O. The molecule has 1 N–H and O–H groups in total. The Morgan fingerprint density at radius 2 is 1.93 bits per heavy atom. The van der Waals surface area contributed by atoms with Crippen LogP contribution in [0.4, 0.5) is 0 Å². The number of nitrogens with one attached hydrogen (secondary N) is 1. The van der Waals surface area contributed by atoms with Gasteiger partial charge in [0.15, 0.2) is 0 Å². The van der Waals surface area contributed by atoms with Gasteiger partial charge in [0.2, 0.25) is 6.41 Å². The molecule has 0 aromatic heterocycles. The number of hydrogen-bond acceptors (Lipinski definition) is 1. The fourth-order valence-corrected chi connectivity index (χ4v) is 1.79. The van der Waals surface area contributed by atoms with Gasteiger partial charge in [-0.05, 0) is 24.7 Å². The van der Waals surface area contributed by atoms with Gasteiger partial charge in [-0.2, -0.15) is 0 Å². The molecule has 0 saturated heterocycles. The molecule has 84 valence electrons. The zero-order valence-electron chi connectivity index (χ0n) is 10.0. The first-order chi connectivity index (χ1) is 6.61. The Labute approximate surface area is 88.5 Å². The molecule has 0 radical (unpaired) electrons. The molecule has 0 aliphatic heterocycles. The van der Waals surface area contributed by atoms with Crippen molar-refractivity contribution in [2.45, 2.75) is 59.4 Å². The first-order valence-corrected chi connectivity index (χ1v) is 5.81. The van der Waals surface area contributed by atoms with Crippen LogP contribution in [0.15, 0.2) is 0 Å². The van der Waals surface area contributed by atoms with Gasteiger partial charge in [-0.1, -0.05) is 40.5 Å². The second-order valence-corrected chi connectivity index (χ2v) is 4.64. The second kappa shape index (κ2) is 7.84. The van der Waals surface area contributed by atoms with Crippen LogP contribution in [0.5, 0.6) is 0 Å². The molecule has 0 aromatic rings. The van der Waals surface area contributed by atoms with E-state index >= 15 is 0 Å². The molecule has 0 saturated carbocycles. The minimum Gasteiger partial charge on any atom is -0.356 e. The average molecular weight is 199 g/mol. The summed E-state index contributed by atoms with van der Waals surface area (Å²) in [6, 6.07) is 0.360. The van der Waals surface area contributed by atoms with Gasteiger partial charge in [-0.3, -0.25) is 4.79 Å². The minimum absolute atomic E-state index is 0.360. The van der Waals surface area contributed by atoms with Crippen LogP contribution in [0.25, 0.3) is 0 Å². The van der Waals surface area contributed by atoms with E-state index in [-0.39, 0.29) is 0 Å². The second-order valence-electron chi connectivity index (χ2n) is 4.64. The van der Waals surface area contributed by atoms with Crippen molar-refractivity contribution in [2.75, 3.05) is 0 Å². The normalized spacial score (nSPS) is 15.2. The van der Waals surface area contributed by atoms with Crippen LogP contribution < -0.4 is 5.32 Å². The summed E-state index contributed by atoms with van der Waals surface area (Å²) in [4.78, 5) is 10.5. The molecule has 0 rings (SSSR count). The first kappa shape index (κ1) is 13.5. The highest BCUT2D eigenvalue weighted by atomic mass is 16.1. The monoisotopic (exact) mass is 199 g/mol. The van der Waals surface area contributed by atoms with Crippen molar-refractivity contribution in [3.05, 3.63) is 0 Å². The molecular formula is C12H25NO. The highest BCUT2D eigenvalue weighted by Crippen LogP contribution is 2.18. The topological polar surface area (TPSA) is 29.1 Å².